The third kappa shape index (κ3) is 3.46. The van der Waals surface area contributed by atoms with Gasteiger partial charge in [0, 0.05) is 12.2 Å². The summed E-state index contributed by atoms with van der Waals surface area (Å²) >= 11 is 0. The molecule has 0 atom stereocenters. The monoisotopic (exact) mass is 270 g/mol. The van der Waals surface area contributed by atoms with Gasteiger partial charge in [-0.3, -0.25) is 0 Å². The number of aryl methyl sites for hydroxylation is 1. The molecule has 0 saturated carbocycles. The molecular formula is C13H22N2O2S. The fraction of sp³-hybridized carbons (Fsp3) is 0.538. The highest BCUT2D eigenvalue weighted by atomic mass is 32.2. The summed E-state index contributed by atoms with van der Waals surface area (Å²) in [6, 6.07) is 3.33. The molecule has 0 fully saturated rings. The molecule has 102 valence electrons. The summed E-state index contributed by atoms with van der Waals surface area (Å²) in [5.41, 5.74) is 7.80. The average molecular weight is 270 g/mol. The van der Waals surface area contributed by atoms with E-state index in [1.807, 2.05) is 27.7 Å². The molecule has 4 nitrogen and oxygen atoms in total. The molecule has 0 amide bonds. The van der Waals surface area contributed by atoms with Gasteiger partial charge in [-0.1, -0.05) is 26.8 Å². The Morgan fingerprint density at radius 2 is 1.78 bits per heavy atom. The van der Waals surface area contributed by atoms with Crippen molar-refractivity contribution in [1.29, 1.82) is 0 Å². The van der Waals surface area contributed by atoms with Gasteiger partial charge in [-0.15, -0.1) is 0 Å². The Labute approximate surface area is 110 Å². The third-order valence-electron chi connectivity index (χ3n) is 2.77. The Balaban J connectivity index is 3.11. The first kappa shape index (κ1) is 15.0. The fourth-order valence-corrected chi connectivity index (χ4v) is 3.06. The van der Waals surface area contributed by atoms with Gasteiger partial charge in [0.05, 0.1) is 4.90 Å². The van der Waals surface area contributed by atoms with Crippen molar-refractivity contribution in [2.24, 2.45) is 5.41 Å². The summed E-state index contributed by atoms with van der Waals surface area (Å²) in [6.45, 7) is 9.92. The van der Waals surface area contributed by atoms with Crippen molar-refractivity contribution < 1.29 is 8.42 Å². The maximum atomic E-state index is 12.2. The molecule has 0 aliphatic carbocycles. The molecule has 0 aliphatic rings. The molecule has 1 aromatic rings. The van der Waals surface area contributed by atoms with Crippen molar-refractivity contribution >= 4 is 15.7 Å². The van der Waals surface area contributed by atoms with Crippen LogP contribution in [0.2, 0.25) is 0 Å². The minimum absolute atomic E-state index is 0.1000. The van der Waals surface area contributed by atoms with Crippen LogP contribution < -0.4 is 10.5 Å². The molecule has 5 heteroatoms. The lowest BCUT2D eigenvalue weighted by Gasteiger charge is -2.19. The first-order chi connectivity index (χ1) is 8.04. The van der Waals surface area contributed by atoms with Crippen LogP contribution in [0.4, 0.5) is 5.69 Å². The van der Waals surface area contributed by atoms with E-state index in [1.165, 1.54) is 0 Å². The van der Waals surface area contributed by atoms with Crippen molar-refractivity contribution in [3.8, 4) is 0 Å². The molecule has 0 unspecified atom stereocenters. The largest absolute Gasteiger partial charge is 0.398 e. The quantitative estimate of drug-likeness (QED) is 0.827. The van der Waals surface area contributed by atoms with Gasteiger partial charge in [0.15, 0.2) is 0 Å². The summed E-state index contributed by atoms with van der Waals surface area (Å²) in [4.78, 5) is 0.259. The Kier molecular flexibility index (Phi) is 4.08. The van der Waals surface area contributed by atoms with Crippen LogP contribution in [0.5, 0.6) is 0 Å². The second-order valence-corrected chi connectivity index (χ2v) is 7.54. The fourth-order valence-electron chi connectivity index (χ4n) is 1.52. The zero-order chi connectivity index (χ0) is 14.1. The number of rotatable bonds is 3. The molecular weight excluding hydrogens is 248 g/mol. The van der Waals surface area contributed by atoms with Crippen LogP contribution in [0.1, 0.15) is 31.9 Å². The molecule has 0 saturated heterocycles. The van der Waals surface area contributed by atoms with E-state index < -0.39 is 10.0 Å². The summed E-state index contributed by atoms with van der Waals surface area (Å²) in [6.07, 6.45) is 0. The zero-order valence-electron chi connectivity index (χ0n) is 11.7. The van der Waals surface area contributed by atoms with Gasteiger partial charge in [0.25, 0.3) is 0 Å². The van der Waals surface area contributed by atoms with Gasteiger partial charge in [-0.25, -0.2) is 13.1 Å². The topological polar surface area (TPSA) is 72.2 Å². The first-order valence-corrected chi connectivity index (χ1v) is 7.38. The molecule has 1 rings (SSSR count). The number of benzene rings is 1. The number of nitrogens with two attached hydrogens (primary N) is 1. The maximum Gasteiger partial charge on any atom is 0.240 e. The van der Waals surface area contributed by atoms with Crippen LogP contribution in [0.25, 0.3) is 0 Å². The molecule has 0 spiro atoms. The first-order valence-electron chi connectivity index (χ1n) is 5.90. The van der Waals surface area contributed by atoms with E-state index in [0.29, 0.717) is 17.8 Å². The van der Waals surface area contributed by atoms with Gasteiger partial charge < -0.3 is 5.73 Å². The second kappa shape index (κ2) is 4.90. The molecule has 0 bridgehead atoms. The highest BCUT2D eigenvalue weighted by molar-refractivity contribution is 7.89. The normalized spacial score (nSPS) is 12.7. The van der Waals surface area contributed by atoms with Gasteiger partial charge in [-0.05, 0) is 36.5 Å². The highest BCUT2D eigenvalue weighted by Gasteiger charge is 2.21. The van der Waals surface area contributed by atoms with E-state index in [2.05, 4.69) is 4.72 Å². The number of nitrogens with one attached hydrogen (secondary N) is 1. The number of hydrogen-bond acceptors (Lipinski definition) is 3. The van der Waals surface area contributed by atoms with Crippen LogP contribution in [0, 0.1) is 19.3 Å². The van der Waals surface area contributed by atoms with Crippen molar-refractivity contribution in [3.63, 3.8) is 0 Å². The standard InChI is InChI=1S/C13H22N2O2S/c1-9-6-7-11(10(2)12(9)14)18(16,17)15-8-13(3,4)5/h6-7,15H,8,14H2,1-5H3. The van der Waals surface area contributed by atoms with Crippen molar-refractivity contribution in [3.05, 3.63) is 23.3 Å². The highest BCUT2D eigenvalue weighted by Crippen LogP contribution is 2.24. The van der Waals surface area contributed by atoms with Crippen molar-refractivity contribution in [2.75, 3.05) is 12.3 Å². The van der Waals surface area contributed by atoms with Crippen molar-refractivity contribution in [1.82, 2.24) is 4.72 Å². The minimum Gasteiger partial charge on any atom is -0.398 e. The third-order valence-corrected chi connectivity index (χ3v) is 4.31. The molecule has 18 heavy (non-hydrogen) atoms. The van der Waals surface area contributed by atoms with E-state index in [9.17, 15) is 8.42 Å². The van der Waals surface area contributed by atoms with Gasteiger partial charge in [-0.2, -0.15) is 0 Å². The lowest BCUT2D eigenvalue weighted by Crippen LogP contribution is -2.32. The van der Waals surface area contributed by atoms with E-state index in [0.717, 1.165) is 5.56 Å². The van der Waals surface area contributed by atoms with E-state index >= 15 is 0 Å². The van der Waals surface area contributed by atoms with Gasteiger partial charge >= 0.3 is 0 Å². The van der Waals surface area contributed by atoms with Crippen LogP contribution >= 0.6 is 0 Å². The lowest BCUT2D eigenvalue weighted by molar-refractivity contribution is 0.407. The number of sulfonamides is 1. The number of anilines is 1. The van der Waals surface area contributed by atoms with Gasteiger partial charge in [0.1, 0.15) is 0 Å². The number of hydrogen-bond donors (Lipinski definition) is 2. The Hall–Kier alpha value is -1.07. The smallest absolute Gasteiger partial charge is 0.240 e. The molecule has 0 aromatic heterocycles. The molecule has 0 radical (unpaired) electrons. The van der Waals surface area contributed by atoms with Crippen LogP contribution in [-0.2, 0) is 10.0 Å². The predicted octanol–water partition coefficient (Wildman–Crippen LogP) is 2.21. The molecule has 1 aromatic carbocycles. The average Bonchev–Trinajstić information content (AvgIpc) is 2.22. The molecule has 3 N–H and O–H groups in total. The Morgan fingerprint density at radius 1 is 1.22 bits per heavy atom. The molecule has 0 aliphatic heterocycles. The zero-order valence-corrected chi connectivity index (χ0v) is 12.5. The van der Waals surface area contributed by atoms with Crippen LogP contribution in [0.15, 0.2) is 17.0 Å². The minimum atomic E-state index is -3.49. The summed E-state index contributed by atoms with van der Waals surface area (Å²) in [5, 5.41) is 0. The maximum absolute atomic E-state index is 12.2. The van der Waals surface area contributed by atoms with Crippen LogP contribution in [0.3, 0.4) is 0 Å². The SMILES string of the molecule is Cc1ccc(S(=O)(=O)NCC(C)(C)C)c(C)c1N. The predicted molar refractivity (Wildman–Crippen MR) is 75.0 cm³/mol. The Morgan fingerprint density at radius 3 is 2.28 bits per heavy atom. The Bertz CT molecular complexity index is 543. The lowest BCUT2D eigenvalue weighted by atomic mass is 9.98. The number of nitrogen functional groups attached to an aromatic ring is 1. The summed E-state index contributed by atoms with van der Waals surface area (Å²) < 4.78 is 27.0. The summed E-state index contributed by atoms with van der Waals surface area (Å²) in [7, 11) is -3.49. The van der Waals surface area contributed by atoms with Crippen LogP contribution in [-0.4, -0.2) is 15.0 Å². The second-order valence-electron chi connectivity index (χ2n) is 5.80. The van der Waals surface area contributed by atoms with Crippen molar-refractivity contribution in [2.45, 2.75) is 39.5 Å². The van der Waals surface area contributed by atoms with E-state index in [4.69, 9.17) is 5.73 Å². The van der Waals surface area contributed by atoms with Gasteiger partial charge in [0.2, 0.25) is 10.0 Å². The van der Waals surface area contributed by atoms with E-state index in [1.54, 1.807) is 19.1 Å². The summed E-state index contributed by atoms with van der Waals surface area (Å²) in [5.74, 6) is 0. The van der Waals surface area contributed by atoms with E-state index in [-0.39, 0.29) is 10.3 Å². The molecule has 0 heterocycles.